The smallest absolute Gasteiger partial charge is 0.332 e. The van der Waals surface area contributed by atoms with Crippen molar-refractivity contribution in [1.82, 2.24) is 5.43 Å². The Hall–Kier alpha value is -3.21. The van der Waals surface area contributed by atoms with E-state index < -0.39 is 27.7 Å². The molecule has 0 aliphatic heterocycles. The SMILES string of the molecule is C/C(=N\NC(N)=O)c1ccc(NS(C)(=O)=O)c(Oc2ccc(F)cc2F)c1. The van der Waals surface area contributed by atoms with Crippen molar-refractivity contribution in [3.63, 3.8) is 0 Å². The van der Waals surface area contributed by atoms with E-state index in [1.165, 1.54) is 18.2 Å². The molecule has 0 saturated carbocycles. The maximum atomic E-state index is 13.9. The molecule has 0 atom stereocenters. The molecule has 0 aliphatic carbocycles. The second-order valence-electron chi connectivity index (χ2n) is 5.44. The van der Waals surface area contributed by atoms with E-state index in [1.807, 2.05) is 0 Å². The lowest BCUT2D eigenvalue weighted by atomic mass is 10.1. The molecule has 2 rings (SSSR count). The number of halogens is 2. The normalized spacial score (nSPS) is 11.8. The van der Waals surface area contributed by atoms with Crippen molar-refractivity contribution in [3.05, 3.63) is 53.6 Å². The highest BCUT2D eigenvalue weighted by atomic mass is 32.2. The van der Waals surface area contributed by atoms with Crippen LogP contribution in [0.5, 0.6) is 11.5 Å². The number of nitrogens with zero attached hydrogens (tertiary/aromatic N) is 1. The monoisotopic (exact) mass is 398 g/mol. The number of urea groups is 1. The van der Waals surface area contributed by atoms with Gasteiger partial charge in [-0.2, -0.15) is 5.10 Å². The number of carbonyl (C=O) groups is 1. The highest BCUT2D eigenvalue weighted by Crippen LogP contribution is 2.33. The van der Waals surface area contributed by atoms with Crippen LogP contribution in [0.4, 0.5) is 19.3 Å². The number of nitrogens with one attached hydrogen (secondary N) is 2. The van der Waals surface area contributed by atoms with Gasteiger partial charge in [-0.1, -0.05) is 6.07 Å². The topological polar surface area (TPSA) is 123 Å². The average Bonchev–Trinajstić information content (AvgIpc) is 2.55. The molecule has 27 heavy (non-hydrogen) atoms. The summed E-state index contributed by atoms with van der Waals surface area (Å²) in [5.41, 5.74) is 7.78. The highest BCUT2D eigenvalue weighted by Gasteiger charge is 2.14. The minimum absolute atomic E-state index is 0.0284. The fourth-order valence-electron chi connectivity index (χ4n) is 2.00. The van der Waals surface area contributed by atoms with Crippen LogP contribution in [0.15, 0.2) is 41.5 Å². The van der Waals surface area contributed by atoms with E-state index in [1.54, 1.807) is 6.92 Å². The number of nitrogens with two attached hydrogens (primary N) is 1. The van der Waals surface area contributed by atoms with Gasteiger partial charge < -0.3 is 10.5 Å². The van der Waals surface area contributed by atoms with Crippen LogP contribution in [0.25, 0.3) is 0 Å². The van der Waals surface area contributed by atoms with E-state index in [9.17, 15) is 22.0 Å². The van der Waals surface area contributed by atoms with Crippen LogP contribution in [-0.4, -0.2) is 26.4 Å². The summed E-state index contributed by atoms with van der Waals surface area (Å²) in [6.07, 6.45) is 0.937. The molecule has 0 aliphatic rings. The quantitative estimate of drug-likeness (QED) is 0.511. The fourth-order valence-corrected chi connectivity index (χ4v) is 2.56. The largest absolute Gasteiger partial charge is 0.452 e. The van der Waals surface area contributed by atoms with Crippen molar-refractivity contribution >= 4 is 27.5 Å². The number of primary amides is 1. The van der Waals surface area contributed by atoms with Gasteiger partial charge in [0.15, 0.2) is 17.3 Å². The first-order chi connectivity index (χ1) is 12.5. The van der Waals surface area contributed by atoms with Gasteiger partial charge in [0.1, 0.15) is 5.82 Å². The number of hydrazone groups is 1. The summed E-state index contributed by atoms with van der Waals surface area (Å²) in [5, 5.41) is 3.75. The summed E-state index contributed by atoms with van der Waals surface area (Å²) in [6.45, 7) is 1.55. The second kappa shape index (κ2) is 7.99. The minimum Gasteiger partial charge on any atom is -0.452 e. The van der Waals surface area contributed by atoms with Crippen molar-refractivity contribution in [2.24, 2.45) is 10.8 Å². The second-order valence-corrected chi connectivity index (χ2v) is 7.18. The van der Waals surface area contributed by atoms with Crippen LogP contribution in [-0.2, 0) is 10.0 Å². The van der Waals surface area contributed by atoms with Gasteiger partial charge in [0.2, 0.25) is 10.0 Å². The Labute approximate surface area is 154 Å². The third kappa shape index (κ3) is 5.92. The summed E-state index contributed by atoms with van der Waals surface area (Å²) < 4.78 is 57.7. The lowest BCUT2D eigenvalue weighted by molar-refractivity contribution is 0.249. The molecule has 2 amide bonds. The maximum absolute atomic E-state index is 13.9. The van der Waals surface area contributed by atoms with E-state index in [2.05, 4.69) is 15.2 Å². The van der Waals surface area contributed by atoms with E-state index in [0.29, 0.717) is 17.3 Å². The van der Waals surface area contributed by atoms with Gasteiger partial charge in [0.25, 0.3) is 0 Å². The van der Waals surface area contributed by atoms with Gasteiger partial charge in [-0.15, -0.1) is 0 Å². The van der Waals surface area contributed by atoms with Crippen LogP contribution >= 0.6 is 0 Å². The van der Waals surface area contributed by atoms with Crippen molar-refractivity contribution in [2.75, 3.05) is 11.0 Å². The molecule has 8 nitrogen and oxygen atoms in total. The number of ether oxygens (including phenoxy) is 1. The lowest BCUT2D eigenvalue weighted by Gasteiger charge is -2.14. The summed E-state index contributed by atoms with van der Waals surface area (Å²) in [6, 6.07) is 6.07. The van der Waals surface area contributed by atoms with Crippen molar-refractivity contribution in [1.29, 1.82) is 0 Å². The third-order valence-electron chi connectivity index (χ3n) is 3.14. The molecule has 0 aromatic heterocycles. The molecule has 0 saturated heterocycles. The van der Waals surface area contributed by atoms with Crippen LogP contribution in [0.3, 0.4) is 0 Å². The molecule has 0 heterocycles. The average molecular weight is 398 g/mol. The predicted octanol–water partition coefficient (Wildman–Crippen LogP) is 2.52. The standard InChI is InChI=1S/C16H16F2N4O4S/c1-9(20-21-16(19)23)10-3-5-13(22-27(2,24)25)15(7-10)26-14-6-4-11(17)8-12(14)18/h3-8,22H,1-2H3,(H3,19,21,23)/b20-9+. The van der Waals surface area contributed by atoms with E-state index >= 15 is 0 Å². The van der Waals surface area contributed by atoms with Gasteiger partial charge >= 0.3 is 6.03 Å². The van der Waals surface area contributed by atoms with E-state index in [-0.39, 0.29) is 17.2 Å². The van der Waals surface area contributed by atoms with Gasteiger partial charge in [-0.05, 0) is 31.2 Å². The molecule has 0 radical (unpaired) electrons. The Balaban J connectivity index is 2.47. The first-order valence-electron chi connectivity index (χ1n) is 7.40. The zero-order chi connectivity index (χ0) is 20.2. The van der Waals surface area contributed by atoms with E-state index in [0.717, 1.165) is 18.4 Å². The minimum atomic E-state index is -3.65. The molecule has 2 aromatic carbocycles. The predicted molar refractivity (Wildman–Crippen MR) is 96.3 cm³/mol. The first kappa shape index (κ1) is 20.1. The molecule has 0 unspecified atom stereocenters. The van der Waals surface area contributed by atoms with Gasteiger partial charge in [0, 0.05) is 11.6 Å². The van der Waals surface area contributed by atoms with E-state index in [4.69, 9.17) is 10.5 Å². The van der Waals surface area contributed by atoms with Crippen LogP contribution in [0, 0.1) is 11.6 Å². The summed E-state index contributed by atoms with van der Waals surface area (Å²) in [4.78, 5) is 10.7. The Kier molecular flexibility index (Phi) is 5.95. The Morgan fingerprint density at radius 2 is 1.85 bits per heavy atom. The van der Waals surface area contributed by atoms with Gasteiger partial charge in [-0.3, -0.25) is 4.72 Å². The zero-order valence-electron chi connectivity index (χ0n) is 14.3. The molecular weight excluding hydrogens is 382 g/mol. The number of benzene rings is 2. The van der Waals surface area contributed by atoms with Crippen LogP contribution in [0.2, 0.25) is 0 Å². The summed E-state index contributed by atoms with van der Waals surface area (Å²) >= 11 is 0. The third-order valence-corrected chi connectivity index (χ3v) is 3.73. The highest BCUT2D eigenvalue weighted by molar-refractivity contribution is 7.92. The Bertz CT molecular complexity index is 1010. The van der Waals surface area contributed by atoms with Gasteiger partial charge in [0.05, 0.1) is 17.7 Å². The molecular formula is C16H16F2N4O4S. The number of rotatable bonds is 6. The molecule has 0 fully saturated rings. The van der Waals surface area contributed by atoms with Crippen molar-refractivity contribution in [2.45, 2.75) is 6.92 Å². The first-order valence-corrected chi connectivity index (χ1v) is 9.29. The summed E-state index contributed by atoms with van der Waals surface area (Å²) in [5.74, 6) is -2.12. The fraction of sp³-hybridized carbons (Fsp3) is 0.125. The molecule has 0 spiro atoms. The van der Waals surface area contributed by atoms with Gasteiger partial charge in [-0.25, -0.2) is 27.4 Å². The molecule has 4 N–H and O–H groups in total. The Morgan fingerprint density at radius 1 is 1.15 bits per heavy atom. The molecule has 144 valence electrons. The molecule has 2 aromatic rings. The molecule has 0 bridgehead atoms. The lowest BCUT2D eigenvalue weighted by Crippen LogP contribution is -2.25. The zero-order valence-corrected chi connectivity index (χ0v) is 15.1. The van der Waals surface area contributed by atoms with Crippen molar-refractivity contribution in [3.8, 4) is 11.5 Å². The maximum Gasteiger partial charge on any atom is 0.332 e. The number of hydrogen-bond acceptors (Lipinski definition) is 5. The van der Waals surface area contributed by atoms with Crippen molar-refractivity contribution < 1.29 is 26.7 Å². The number of anilines is 1. The van der Waals surface area contributed by atoms with Crippen LogP contribution < -0.4 is 20.6 Å². The van der Waals surface area contributed by atoms with Crippen LogP contribution in [0.1, 0.15) is 12.5 Å². The Morgan fingerprint density at radius 3 is 2.44 bits per heavy atom. The number of carbonyl (C=O) groups excluding carboxylic acids is 1. The molecule has 11 heteroatoms. The number of sulfonamides is 1. The number of hydrogen-bond donors (Lipinski definition) is 3. The number of amides is 2. The summed E-state index contributed by atoms with van der Waals surface area (Å²) in [7, 11) is -3.65.